The molecule has 0 N–H and O–H groups in total. The molecule has 0 heterocycles. The van der Waals surface area contributed by atoms with Gasteiger partial charge in [-0.25, -0.2) is 17.6 Å². The standard InChI is InChI=1S/C7H12F4/c8-4-6(10)2-1-3-7(11)5-9/h6-7H,1-5H2. The number of rotatable bonds is 6. The van der Waals surface area contributed by atoms with Crippen LogP contribution in [-0.2, 0) is 0 Å². The van der Waals surface area contributed by atoms with Gasteiger partial charge in [0, 0.05) is 0 Å². The quantitative estimate of drug-likeness (QED) is 0.540. The van der Waals surface area contributed by atoms with Crippen LogP contribution in [0.2, 0.25) is 0 Å². The Morgan fingerprint density at radius 1 is 0.818 bits per heavy atom. The van der Waals surface area contributed by atoms with Crippen molar-refractivity contribution in [3.05, 3.63) is 0 Å². The van der Waals surface area contributed by atoms with Crippen molar-refractivity contribution in [1.82, 2.24) is 0 Å². The monoisotopic (exact) mass is 172 g/mol. The van der Waals surface area contributed by atoms with Crippen molar-refractivity contribution < 1.29 is 17.6 Å². The summed E-state index contributed by atoms with van der Waals surface area (Å²) >= 11 is 0. The largest absolute Gasteiger partial charge is 0.248 e. The molecule has 2 unspecified atom stereocenters. The molecule has 0 aromatic rings. The lowest BCUT2D eigenvalue weighted by molar-refractivity contribution is 0.212. The van der Waals surface area contributed by atoms with Gasteiger partial charge in [-0.2, -0.15) is 0 Å². The first-order chi connectivity index (χ1) is 5.20. The first-order valence-corrected chi connectivity index (χ1v) is 3.60. The molecule has 0 aliphatic heterocycles. The zero-order valence-corrected chi connectivity index (χ0v) is 6.20. The van der Waals surface area contributed by atoms with Gasteiger partial charge in [-0.3, -0.25) is 0 Å². The second-order valence-corrected chi connectivity index (χ2v) is 2.43. The Labute approximate surface area is 63.6 Å². The van der Waals surface area contributed by atoms with E-state index in [1.54, 1.807) is 0 Å². The van der Waals surface area contributed by atoms with Crippen molar-refractivity contribution in [2.24, 2.45) is 0 Å². The molecule has 11 heavy (non-hydrogen) atoms. The molecule has 0 aliphatic rings. The summed E-state index contributed by atoms with van der Waals surface area (Å²) in [5.74, 6) is 0. The zero-order valence-electron chi connectivity index (χ0n) is 6.20. The predicted octanol–water partition coefficient (Wildman–Crippen LogP) is 2.77. The normalized spacial score (nSPS) is 16.4. The molecular formula is C7H12F4. The highest BCUT2D eigenvalue weighted by molar-refractivity contribution is 4.58. The lowest BCUT2D eigenvalue weighted by Gasteiger charge is -2.04. The van der Waals surface area contributed by atoms with Crippen molar-refractivity contribution in [2.75, 3.05) is 13.3 Å². The summed E-state index contributed by atoms with van der Waals surface area (Å²) in [6.07, 6.45) is -2.85. The topological polar surface area (TPSA) is 0 Å². The van der Waals surface area contributed by atoms with E-state index in [1.807, 2.05) is 0 Å². The molecule has 4 heteroatoms. The number of alkyl halides is 4. The third-order valence-corrected chi connectivity index (χ3v) is 1.37. The highest BCUT2D eigenvalue weighted by Crippen LogP contribution is 2.09. The van der Waals surface area contributed by atoms with Crippen molar-refractivity contribution >= 4 is 0 Å². The van der Waals surface area contributed by atoms with Crippen LogP contribution in [0.25, 0.3) is 0 Å². The van der Waals surface area contributed by atoms with Crippen LogP contribution in [-0.4, -0.2) is 25.7 Å². The molecule has 0 saturated heterocycles. The van der Waals surface area contributed by atoms with Crippen LogP contribution >= 0.6 is 0 Å². The lowest BCUT2D eigenvalue weighted by Crippen LogP contribution is -2.06. The fourth-order valence-corrected chi connectivity index (χ4v) is 0.715. The third kappa shape index (κ3) is 6.13. The molecule has 2 atom stereocenters. The van der Waals surface area contributed by atoms with E-state index in [-0.39, 0.29) is 19.3 Å². The van der Waals surface area contributed by atoms with Crippen molar-refractivity contribution in [3.63, 3.8) is 0 Å². The first-order valence-electron chi connectivity index (χ1n) is 3.60. The van der Waals surface area contributed by atoms with Crippen LogP contribution in [0.5, 0.6) is 0 Å². The van der Waals surface area contributed by atoms with Gasteiger partial charge >= 0.3 is 0 Å². The number of hydrogen-bond donors (Lipinski definition) is 0. The van der Waals surface area contributed by atoms with Crippen LogP contribution in [0, 0.1) is 0 Å². The maximum absolute atomic E-state index is 12.1. The molecule has 0 aromatic heterocycles. The summed E-state index contributed by atoms with van der Waals surface area (Å²) in [4.78, 5) is 0. The average Bonchev–Trinajstić information content (AvgIpc) is 2.04. The minimum Gasteiger partial charge on any atom is -0.248 e. The SMILES string of the molecule is FCC(F)CCCC(F)CF. The molecule has 0 rings (SSSR count). The molecule has 0 radical (unpaired) electrons. The predicted molar refractivity (Wildman–Crippen MR) is 35.6 cm³/mol. The summed E-state index contributed by atoms with van der Waals surface area (Å²) in [5, 5.41) is 0. The van der Waals surface area contributed by atoms with Crippen LogP contribution in [0.15, 0.2) is 0 Å². The fraction of sp³-hybridized carbons (Fsp3) is 1.00. The van der Waals surface area contributed by atoms with E-state index in [1.165, 1.54) is 0 Å². The summed E-state index contributed by atoms with van der Waals surface area (Å²) in [6, 6.07) is 0. The van der Waals surface area contributed by atoms with Crippen molar-refractivity contribution in [1.29, 1.82) is 0 Å². The molecule has 0 fully saturated rings. The van der Waals surface area contributed by atoms with Crippen molar-refractivity contribution in [3.8, 4) is 0 Å². The second-order valence-electron chi connectivity index (χ2n) is 2.43. The zero-order chi connectivity index (χ0) is 8.69. The molecule has 0 amide bonds. The molecule has 0 saturated carbocycles. The molecule has 0 nitrogen and oxygen atoms in total. The average molecular weight is 172 g/mol. The van der Waals surface area contributed by atoms with Gasteiger partial charge in [0.05, 0.1) is 0 Å². The summed E-state index contributed by atoms with van der Waals surface area (Å²) < 4.78 is 47.1. The van der Waals surface area contributed by atoms with Crippen LogP contribution < -0.4 is 0 Å². The van der Waals surface area contributed by atoms with E-state index < -0.39 is 25.7 Å². The first kappa shape index (κ1) is 10.7. The van der Waals surface area contributed by atoms with Crippen LogP contribution in [0.3, 0.4) is 0 Å². The maximum Gasteiger partial charge on any atom is 0.128 e. The minimum atomic E-state index is -1.51. The Morgan fingerprint density at radius 3 is 1.45 bits per heavy atom. The molecule has 0 aliphatic carbocycles. The highest BCUT2D eigenvalue weighted by Gasteiger charge is 2.08. The Morgan fingerprint density at radius 2 is 1.18 bits per heavy atom. The number of halogens is 4. The highest BCUT2D eigenvalue weighted by atomic mass is 19.2. The lowest BCUT2D eigenvalue weighted by atomic mass is 10.1. The Bertz CT molecular complexity index is 76.5. The van der Waals surface area contributed by atoms with Gasteiger partial charge in [-0.1, -0.05) is 0 Å². The van der Waals surface area contributed by atoms with E-state index in [9.17, 15) is 17.6 Å². The molecule has 68 valence electrons. The minimum absolute atomic E-state index is 0.0169. The maximum atomic E-state index is 12.1. The van der Waals surface area contributed by atoms with Gasteiger partial charge in [-0.05, 0) is 19.3 Å². The van der Waals surface area contributed by atoms with Gasteiger partial charge in [0.15, 0.2) is 0 Å². The van der Waals surface area contributed by atoms with E-state index in [0.29, 0.717) is 0 Å². The van der Waals surface area contributed by atoms with Crippen LogP contribution in [0.4, 0.5) is 17.6 Å². The second kappa shape index (κ2) is 6.43. The fourth-order valence-electron chi connectivity index (χ4n) is 0.715. The van der Waals surface area contributed by atoms with Crippen molar-refractivity contribution in [2.45, 2.75) is 31.6 Å². The molecule has 0 aromatic carbocycles. The molecule has 0 bridgehead atoms. The summed E-state index contributed by atoms with van der Waals surface area (Å²) in [5.41, 5.74) is 0. The Hall–Kier alpha value is -0.280. The van der Waals surface area contributed by atoms with Gasteiger partial charge in [0.25, 0.3) is 0 Å². The van der Waals surface area contributed by atoms with Gasteiger partial charge in [0.2, 0.25) is 0 Å². The van der Waals surface area contributed by atoms with E-state index in [2.05, 4.69) is 0 Å². The molecule has 0 spiro atoms. The molecular weight excluding hydrogens is 160 g/mol. The van der Waals surface area contributed by atoms with E-state index >= 15 is 0 Å². The smallest absolute Gasteiger partial charge is 0.128 e. The van der Waals surface area contributed by atoms with Gasteiger partial charge < -0.3 is 0 Å². The third-order valence-electron chi connectivity index (χ3n) is 1.37. The summed E-state index contributed by atoms with van der Waals surface area (Å²) in [7, 11) is 0. The van der Waals surface area contributed by atoms with Gasteiger partial charge in [-0.15, -0.1) is 0 Å². The van der Waals surface area contributed by atoms with E-state index in [0.717, 1.165) is 0 Å². The van der Waals surface area contributed by atoms with Crippen LogP contribution in [0.1, 0.15) is 19.3 Å². The number of hydrogen-bond acceptors (Lipinski definition) is 0. The Balaban J connectivity index is 3.13. The Kier molecular flexibility index (Phi) is 6.27. The van der Waals surface area contributed by atoms with E-state index in [4.69, 9.17) is 0 Å². The summed E-state index contributed by atoms with van der Waals surface area (Å²) in [6.45, 7) is -2.07. The van der Waals surface area contributed by atoms with Gasteiger partial charge in [0.1, 0.15) is 25.7 Å².